The van der Waals surface area contributed by atoms with E-state index in [9.17, 15) is 0 Å². The average molecular weight is 288 g/mol. The summed E-state index contributed by atoms with van der Waals surface area (Å²) >= 11 is 11.9. The highest BCUT2D eigenvalue weighted by Gasteiger charge is 2.09. The molecule has 0 aromatic heterocycles. The van der Waals surface area contributed by atoms with Gasteiger partial charge in [-0.1, -0.05) is 42.3 Å². The predicted octanol–water partition coefficient (Wildman–Crippen LogP) is 4.24. The molecular formula is C14H19Cl2NO. The standard InChI is InChI=1S/C14H19Cl2NO/c1-3-8-18-9-7-17-14(4-2)11-5-6-12(15)13(16)10-11/h3,5-6,10,14,17H,1,4,7-9H2,2H3. The van der Waals surface area contributed by atoms with Crippen molar-refractivity contribution >= 4 is 23.2 Å². The van der Waals surface area contributed by atoms with E-state index in [0.29, 0.717) is 23.3 Å². The van der Waals surface area contributed by atoms with Crippen molar-refractivity contribution in [2.24, 2.45) is 0 Å². The van der Waals surface area contributed by atoms with E-state index in [0.717, 1.165) is 18.5 Å². The van der Waals surface area contributed by atoms with Crippen molar-refractivity contribution in [2.45, 2.75) is 19.4 Å². The summed E-state index contributed by atoms with van der Waals surface area (Å²) in [6.45, 7) is 7.79. The van der Waals surface area contributed by atoms with Crippen molar-refractivity contribution in [3.8, 4) is 0 Å². The lowest BCUT2D eigenvalue weighted by Gasteiger charge is -2.18. The van der Waals surface area contributed by atoms with Gasteiger partial charge in [0.1, 0.15) is 0 Å². The quantitative estimate of drug-likeness (QED) is 0.570. The Bertz CT molecular complexity index is 382. The third-order valence-corrected chi connectivity index (χ3v) is 3.37. The van der Waals surface area contributed by atoms with Gasteiger partial charge in [0.2, 0.25) is 0 Å². The highest BCUT2D eigenvalue weighted by molar-refractivity contribution is 6.42. The molecule has 2 nitrogen and oxygen atoms in total. The number of halogens is 2. The number of hydrogen-bond acceptors (Lipinski definition) is 2. The van der Waals surface area contributed by atoms with Gasteiger partial charge in [-0.25, -0.2) is 0 Å². The third kappa shape index (κ3) is 4.99. The van der Waals surface area contributed by atoms with E-state index in [1.54, 1.807) is 6.08 Å². The molecule has 0 radical (unpaired) electrons. The molecular weight excluding hydrogens is 269 g/mol. The molecule has 0 fully saturated rings. The maximum atomic E-state index is 6.02. The van der Waals surface area contributed by atoms with Gasteiger partial charge in [0, 0.05) is 12.6 Å². The number of hydrogen-bond donors (Lipinski definition) is 1. The van der Waals surface area contributed by atoms with E-state index in [-0.39, 0.29) is 6.04 Å². The zero-order valence-corrected chi connectivity index (χ0v) is 12.1. The topological polar surface area (TPSA) is 21.3 Å². The predicted molar refractivity (Wildman–Crippen MR) is 78.5 cm³/mol. The van der Waals surface area contributed by atoms with Crippen molar-refractivity contribution in [3.63, 3.8) is 0 Å². The molecule has 100 valence electrons. The second-order valence-electron chi connectivity index (χ2n) is 3.95. The molecule has 0 amide bonds. The lowest BCUT2D eigenvalue weighted by Crippen LogP contribution is -2.25. The van der Waals surface area contributed by atoms with Crippen LogP contribution in [0.1, 0.15) is 24.9 Å². The van der Waals surface area contributed by atoms with Crippen LogP contribution in [-0.4, -0.2) is 19.8 Å². The Balaban J connectivity index is 2.49. The zero-order chi connectivity index (χ0) is 13.4. The summed E-state index contributed by atoms with van der Waals surface area (Å²) in [7, 11) is 0. The molecule has 0 saturated heterocycles. The van der Waals surface area contributed by atoms with Crippen LogP contribution in [0.4, 0.5) is 0 Å². The van der Waals surface area contributed by atoms with Gasteiger partial charge in [-0.2, -0.15) is 0 Å². The van der Waals surface area contributed by atoms with Crippen LogP contribution in [-0.2, 0) is 4.74 Å². The van der Waals surface area contributed by atoms with Crippen LogP contribution in [0.5, 0.6) is 0 Å². The Kier molecular flexibility index (Phi) is 7.36. The first-order chi connectivity index (χ1) is 8.69. The first kappa shape index (κ1) is 15.5. The Labute approximate surface area is 119 Å². The van der Waals surface area contributed by atoms with Gasteiger partial charge in [-0.3, -0.25) is 0 Å². The van der Waals surface area contributed by atoms with Crippen molar-refractivity contribution in [1.29, 1.82) is 0 Å². The van der Waals surface area contributed by atoms with E-state index in [2.05, 4.69) is 18.8 Å². The minimum Gasteiger partial charge on any atom is -0.376 e. The van der Waals surface area contributed by atoms with Gasteiger partial charge in [0.25, 0.3) is 0 Å². The van der Waals surface area contributed by atoms with Crippen LogP contribution in [0, 0.1) is 0 Å². The van der Waals surface area contributed by atoms with Gasteiger partial charge < -0.3 is 10.1 Å². The van der Waals surface area contributed by atoms with E-state index in [4.69, 9.17) is 27.9 Å². The normalized spacial score (nSPS) is 12.4. The summed E-state index contributed by atoms with van der Waals surface area (Å²) in [5.41, 5.74) is 1.15. The summed E-state index contributed by atoms with van der Waals surface area (Å²) in [5, 5.41) is 4.61. The molecule has 0 heterocycles. The summed E-state index contributed by atoms with van der Waals surface area (Å²) in [4.78, 5) is 0. The van der Waals surface area contributed by atoms with Crippen LogP contribution in [0.2, 0.25) is 10.0 Å². The van der Waals surface area contributed by atoms with E-state index in [1.165, 1.54) is 0 Å². The van der Waals surface area contributed by atoms with Crippen LogP contribution < -0.4 is 5.32 Å². The highest BCUT2D eigenvalue weighted by Crippen LogP contribution is 2.26. The molecule has 0 aliphatic carbocycles. The Morgan fingerprint density at radius 2 is 2.17 bits per heavy atom. The third-order valence-electron chi connectivity index (χ3n) is 2.63. The minimum absolute atomic E-state index is 0.270. The van der Waals surface area contributed by atoms with Crippen LogP contribution >= 0.6 is 23.2 Å². The molecule has 1 aromatic rings. The van der Waals surface area contributed by atoms with Crippen LogP contribution in [0.25, 0.3) is 0 Å². The zero-order valence-electron chi connectivity index (χ0n) is 10.6. The van der Waals surface area contributed by atoms with E-state index < -0.39 is 0 Å². The molecule has 1 aromatic carbocycles. The molecule has 0 aliphatic rings. The van der Waals surface area contributed by atoms with Gasteiger partial charge >= 0.3 is 0 Å². The minimum atomic E-state index is 0.270. The molecule has 1 atom stereocenters. The molecule has 0 bridgehead atoms. The van der Waals surface area contributed by atoms with Gasteiger partial charge in [-0.05, 0) is 24.1 Å². The smallest absolute Gasteiger partial charge is 0.0645 e. The first-order valence-electron chi connectivity index (χ1n) is 6.06. The molecule has 0 aliphatic heterocycles. The summed E-state index contributed by atoms with van der Waals surface area (Å²) in [5.74, 6) is 0. The lowest BCUT2D eigenvalue weighted by atomic mass is 10.0. The molecule has 1 unspecified atom stereocenters. The maximum absolute atomic E-state index is 6.02. The monoisotopic (exact) mass is 287 g/mol. The molecule has 0 saturated carbocycles. The van der Waals surface area contributed by atoms with Crippen LogP contribution in [0.15, 0.2) is 30.9 Å². The van der Waals surface area contributed by atoms with Gasteiger partial charge in [-0.15, -0.1) is 6.58 Å². The fourth-order valence-corrected chi connectivity index (χ4v) is 2.01. The molecule has 1 N–H and O–H groups in total. The summed E-state index contributed by atoms with van der Waals surface area (Å²) in [6, 6.07) is 6.01. The number of ether oxygens (including phenoxy) is 1. The molecule has 18 heavy (non-hydrogen) atoms. The largest absolute Gasteiger partial charge is 0.376 e. The summed E-state index contributed by atoms with van der Waals surface area (Å²) < 4.78 is 5.33. The second kappa shape index (κ2) is 8.54. The highest BCUT2D eigenvalue weighted by atomic mass is 35.5. The van der Waals surface area contributed by atoms with Crippen molar-refractivity contribution < 1.29 is 4.74 Å². The number of nitrogens with one attached hydrogen (secondary N) is 1. The number of benzene rings is 1. The number of rotatable bonds is 8. The Morgan fingerprint density at radius 3 is 2.78 bits per heavy atom. The van der Waals surface area contributed by atoms with E-state index >= 15 is 0 Å². The van der Waals surface area contributed by atoms with Crippen molar-refractivity contribution in [3.05, 3.63) is 46.5 Å². The molecule has 4 heteroatoms. The summed E-state index contributed by atoms with van der Waals surface area (Å²) in [6.07, 6.45) is 2.73. The Hall–Kier alpha value is -0.540. The lowest BCUT2D eigenvalue weighted by molar-refractivity contribution is 0.161. The Morgan fingerprint density at radius 1 is 1.39 bits per heavy atom. The van der Waals surface area contributed by atoms with Crippen molar-refractivity contribution in [1.82, 2.24) is 5.32 Å². The second-order valence-corrected chi connectivity index (χ2v) is 4.77. The fourth-order valence-electron chi connectivity index (χ4n) is 1.70. The van der Waals surface area contributed by atoms with Crippen molar-refractivity contribution in [2.75, 3.05) is 19.8 Å². The van der Waals surface area contributed by atoms with E-state index in [1.807, 2.05) is 18.2 Å². The van der Waals surface area contributed by atoms with Crippen LogP contribution in [0.3, 0.4) is 0 Å². The molecule has 0 spiro atoms. The van der Waals surface area contributed by atoms with Gasteiger partial charge in [0.15, 0.2) is 0 Å². The fraction of sp³-hybridized carbons (Fsp3) is 0.429. The average Bonchev–Trinajstić information content (AvgIpc) is 2.37. The maximum Gasteiger partial charge on any atom is 0.0645 e. The first-order valence-corrected chi connectivity index (χ1v) is 6.81. The molecule has 1 rings (SSSR count). The SMILES string of the molecule is C=CCOCCNC(CC)c1ccc(Cl)c(Cl)c1. The van der Waals surface area contributed by atoms with Gasteiger partial charge in [0.05, 0.1) is 23.3 Å².